The van der Waals surface area contributed by atoms with Crippen LogP contribution in [0, 0.1) is 12.8 Å². The number of rotatable bonds is 4. The molecule has 2 aliphatic rings. The summed E-state index contributed by atoms with van der Waals surface area (Å²) < 4.78 is 11.0. The molecule has 1 aliphatic heterocycles. The molecule has 0 radical (unpaired) electrons. The first kappa shape index (κ1) is 17.2. The van der Waals surface area contributed by atoms with Gasteiger partial charge in [-0.15, -0.1) is 0 Å². The van der Waals surface area contributed by atoms with Crippen LogP contribution in [-0.2, 0) is 9.53 Å². The summed E-state index contributed by atoms with van der Waals surface area (Å²) in [4.78, 5) is 12.0. The molecule has 24 heavy (non-hydrogen) atoms. The zero-order chi connectivity index (χ0) is 17.1. The molecule has 0 spiro atoms. The van der Waals surface area contributed by atoms with Gasteiger partial charge in [0.1, 0.15) is 18.5 Å². The number of carbonyl (C=O) groups is 1. The van der Waals surface area contributed by atoms with Crippen molar-refractivity contribution in [2.24, 2.45) is 5.92 Å². The van der Waals surface area contributed by atoms with Gasteiger partial charge in [-0.05, 0) is 44.7 Å². The topological polar surface area (TPSA) is 67.8 Å². The molecule has 0 saturated heterocycles. The molecule has 5 heteroatoms. The SMILES string of the molecule is CCOC(=O)C1CCCC(N[C@@H]2COc3cc(C)ccc3[C@@H]2O)C1. The van der Waals surface area contributed by atoms with Gasteiger partial charge >= 0.3 is 5.97 Å². The van der Waals surface area contributed by atoms with Gasteiger partial charge < -0.3 is 19.9 Å². The van der Waals surface area contributed by atoms with Crippen molar-refractivity contribution < 1.29 is 19.4 Å². The molecule has 4 atom stereocenters. The number of fused-ring (bicyclic) bond motifs is 1. The minimum absolute atomic E-state index is 0.0345. The monoisotopic (exact) mass is 333 g/mol. The molecule has 0 amide bonds. The Morgan fingerprint density at radius 1 is 1.42 bits per heavy atom. The first-order valence-corrected chi connectivity index (χ1v) is 8.92. The van der Waals surface area contributed by atoms with E-state index >= 15 is 0 Å². The van der Waals surface area contributed by atoms with Gasteiger partial charge in [0.2, 0.25) is 0 Å². The van der Waals surface area contributed by atoms with Crippen LogP contribution in [-0.4, -0.2) is 36.4 Å². The van der Waals surface area contributed by atoms with E-state index in [0.29, 0.717) is 13.2 Å². The van der Waals surface area contributed by atoms with Gasteiger partial charge in [-0.1, -0.05) is 18.6 Å². The average molecular weight is 333 g/mol. The largest absolute Gasteiger partial charge is 0.491 e. The second-order valence-electron chi connectivity index (χ2n) is 6.88. The molecule has 1 aliphatic carbocycles. The molecule has 2 unspecified atom stereocenters. The van der Waals surface area contributed by atoms with E-state index in [2.05, 4.69) is 5.32 Å². The molecule has 1 saturated carbocycles. The minimum atomic E-state index is -0.586. The Morgan fingerprint density at radius 3 is 3.04 bits per heavy atom. The van der Waals surface area contributed by atoms with Crippen LogP contribution in [0.15, 0.2) is 18.2 Å². The highest BCUT2D eigenvalue weighted by atomic mass is 16.5. The van der Waals surface area contributed by atoms with E-state index < -0.39 is 6.10 Å². The van der Waals surface area contributed by atoms with Gasteiger partial charge in [0.15, 0.2) is 0 Å². The third-order valence-electron chi connectivity index (χ3n) is 5.03. The van der Waals surface area contributed by atoms with Crippen molar-refractivity contribution in [3.8, 4) is 5.75 Å². The Balaban J connectivity index is 1.62. The fraction of sp³-hybridized carbons (Fsp3) is 0.632. The lowest BCUT2D eigenvalue weighted by Gasteiger charge is -2.36. The molecule has 0 bridgehead atoms. The zero-order valence-electron chi connectivity index (χ0n) is 14.5. The van der Waals surface area contributed by atoms with Crippen molar-refractivity contribution in [1.82, 2.24) is 5.32 Å². The van der Waals surface area contributed by atoms with Gasteiger partial charge in [-0.25, -0.2) is 0 Å². The van der Waals surface area contributed by atoms with E-state index in [9.17, 15) is 9.90 Å². The number of aliphatic hydroxyl groups excluding tert-OH is 1. The van der Waals surface area contributed by atoms with Gasteiger partial charge in [-0.3, -0.25) is 4.79 Å². The molecule has 1 aromatic carbocycles. The van der Waals surface area contributed by atoms with Gasteiger partial charge in [0, 0.05) is 11.6 Å². The van der Waals surface area contributed by atoms with E-state index in [-0.39, 0.29) is 24.0 Å². The number of aliphatic hydroxyl groups is 1. The van der Waals surface area contributed by atoms with Crippen LogP contribution in [0.5, 0.6) is 5.75 Å². The van der Waals surface area contributed by atoms with E-state index in [0.717, 1.165) is 42.6 Å². The number of aryl methyl sites for hydroxylation is 1. The molecule has 1 fully saturated rings. The van der Waals surface area contributed by atoms with E-state index in [1.165, 1.54) is 0 Å². The smallest absolute Gasteiger partial charge is 0.308 e. The number of carbonyl (C=O) groups excluding carboxylic acids is 1. The van der Waals surface area contributed by atoms with Crippen molar-refractivity contribution in [2.45, 2.75) is 57.7 Å². The van der Waals surface area contributed by atoms with Crippen molar-refractivity contribution in [2.75, 3.05) is 13.2 Å². The Bertz CT molecular complexity index is 589. The van der Waals surface area contributed by atoms with Crippen LogP contribution in [0.25, 0.3) is 0 Å². The Labute approximate surface area is 143 Å². The van der Waals surface area contributed by atoms with E-state index in [1.54, 1.807) is 0 Å². The minimum Gasteiger partial charge on any atom is -0.491 e. The standard InChI is InChI=1S/C19H27NO4/c1-3-23-19(22)13-5-4-6-14(10-13)20-16-11-24-17-9-12(2)7-8-15(17)18(16)21/h7-9,13-14,16,18,20-21H,3-6,10-11H2,1-2H3/t13?,14?,16-,18+/m1/s1. The van der Waals surface area contributed by atoms with Crippen LogP contribution < -0.4 is 10.1 Å². The van der Waals surface area contributed by atoms with Gasteiger partial charge in [-0.2, -0.15) is 0 Å². The van der Waals surface area contributed by atoms with E-state index in [4.69, 9.17) is 9.47 Å². The molecular formula is C19H27NO4. The molecule has 5 nitrogen and oxygen atoms in total. The average Bonchev–Trinajstić information content (AvgIpc) is 2.58. The highest BCUT2D eigenvalue weighted by molar-refractivity contribution is 5.72. The normalized spacial score (nSPS) is 29.5. The second-order valence-corrected chi connectivity index (χ2v) is 6.88. The number of benzene rings is 1. The summed E-state index contributed by atoms with van der Waals surface area (Å²) in [5.74, 6) is 0.645. The number of nitrogens with one attached hydrogen (secondary N) is 1. The maximum absolute atomic E-state index is 12.0. The maximum Gasteiger partial charge on any atom is 0.308 e. The molecule has 0 aromatic heterocycles. The molecule has 3 rings (SSSR count). The van der Waals surface area contributed by atoms with Crippen LogP contribution >= 0.6 is 0 Å². The number of esters is 1. The van der Waals surface area contributed by atoms with Crippen LogP contribution in [0.4, 0.5) is 0 Å². The maximum atomic E-state index is 12.0. The summed E-state index contributed by atoms with van der Waals surface area (Å²) in [5, 5.41) is 14.2. The molecule has 132 valence electrons. The highest BCUT2D eigenvalue weighted by Gasteiger charge is 2.34. The summed E-state index contributed by atoms with van der Waals surface area (Å²) in [6, 6.07) is 5.96. The lowest BCUT2D eigenvalue weighted by molar-refractivity contribution is -0.149. The summed E-state index contributed by atoms with van der Waals surface area (Å²) in [7, 11) is 0. The molecule has 1 heterocycles. The molecule has 2 N–H and O–H groups in total. The predicted octanol–water partition coefficient (Wildman–Crippen LogP) is 2.50. The summed E-state index contributed by atoms with van der Waals surface area (Å²) in [5.41, 5.74) is 1.96. The second kappa shape index (κ2) is 7.53. The summed E-state index contributed by atoms with van der Waals surface area (Å²) in [6.07, 6.45) is 3.09. The quantitative estimate of drug-likeness (QED) is 0.829. The predicted molar refractivity (Wildman–Crippen MR) is 90.9 cm³/mol. The van der Waals surface area contributed by atoms with Crippen LogP contribution in [0.3, 0.4) is 0 Å². The van der Waals surface area contributed by atoms with Crippen molar-refractivity contribution in [1.29, 1.82) is 0 Å². The fourth-order valence-electron chi connectivity index (χ4n) is 3.76. The van der Waals surface area contributed by atoms with Crippen molar-refractivity contribution >= 4 is 5.97 Å². The lowest BCUT2D eigenvalue weighted by Crippen LogP contribution is -2.49. The zero-order valence-corrected chi connectivity index (χ0v) is 14.5. The molecular weight excluding hydrogens is 306 g/mol. The van der Waals surface area contributed by atoms with Crippen molar-refractivity contribution in [3.63, 3.8) is 0 Å². The third kappa shape index (κ3) is 3.73. The Morgan fingerprint density at radius 2 is 2.25 bits per heavy atom. The van der Waals surface area contributed by atoms with Crippen molar-refractivity contribution in [3.05, 3.63) is 29.3 Å². The lowest BCUT2D eigenvalue weighted by atomic mass is 9.85. The first-order chi connectivity index (χ1) is 11.6. The van der Waals surface area contributed by atoms with Crippen LogP contribution in [0.1, 0.15) is 49.8 Å². The van der Waals surface area contributed by atoms with Crippen LogP contribution in [0.2, 0.25) is 0 Å². The Hall–Kier alpha value is -1.59. The van der Waals surface area contributed by atoms with E-state index in [1.807, 2.05) is 32.0 Å². The summed E-state index contributed by atoms with van der Waals surface area (Å²) in [6.45, 7) is 4.72. The molecule has 1 aromatic rings. The first-order valence-electron chi connectivity index (χ1n) is 8.92. The Kier molecular flexibility index (Phi) is 5.41. The number of ether oxygens (including phenoxy) is 2. The summed E-state index contributed by atoms with van der Waals surface area (Å²) >= 11 is 0. The number of hydrogen-bond donors (Lipinski definition) is 2. The fourth-order valence-corrected chi connectivity index (χ4v) is 3.76. The number of hydrogen-bond acceptors (Lipinski definition) is 5. The third-order valence-corrected chi connectivity index (χ3v) is 5.03. The van der Waals surface area contributed by atoms with Gasteiger partial charge in [0.05, 0.1) is 18.6 Å². The van der Waals surface area contributed by atoms with Gasteiger partial charge in [0.25, 0.3) is 0 Å². The highest BCUT2D eigenvalue weighted by Crippen LogP contribution is 2.34.